The van der Waals surface area contributed by atoms with Gasteiger partial charge in [-0.1, -0.05) is 29.8 Å². The van der Waals surface area contributed by atoms with Gasteiger partial charge < -0.3 is 4.74 Å². The lowest BCUT2D eigenvalue weighted by atomic mass is 10.0. The third-order valence-electron chi connectivity index (χ3n) is 2.59. The third-order valence-corrected chi connectivity index (χ3v) is 3.25. The van der Waals surface area contributed by atoms with Crippen LogP contribution in [0.1, 0.15) is 5.56 Å². The smallest absolute Gasteiger partial charge is 0.406 e. The van der Waals surface area contributed by atoms with Gasteiger partial charge in [-0.05, 0) is 41.0 Å². The van der Waals surface area contributed by atoms with Crippen LogP contribution in [0, 0.1) is 0 Å². The molecule has 6 heteroatoms. The predicted molar refractivity (Wildman–Crippen MR) is 73.1 cm³/mol. The van der Waals surface area contributed by atoms with Gasteiger partial charge in [-0.15, -0.1) is 24.8 Å². The first kappa shape index (κ1) is 15.0. The number of ether oxygens (including phenoxy) is 1. The molecule has 106 valence electrons. The zero-order valence-electron chi connectivity index (χ0n) is 10.0. The topological polar surface area (TPSA) is 9.23 Å². The second-order valence-corrected chi connectivity index (χ2v) is 4.69. The summed E-state index contributed by atoms with van der Waals surface area (Å²) in [5.74, 6) is -0.0387. The van der Waals surface area contributed by atoms with E-state index in [1.54, 1.807) is 24.3 Å². The van der Waals surface area contributed by atoms with Gasteiger partial charge in [-0.25, -0.2) is 0 Å². The van der Waals surface area contributed by atoms with E-state index in [1.165, 1.54) is 18.2 Å². The fourth-order valence-electron chi connectivity index (χ4n) is 1.73. The van der Waals surface area contributed by atoms with Crippen molar-refractivity contribution in [2.24, 2.45) is 0 Å². The number of benzene rings is 2. The Kier molecular flexibility index (Phi) is 4.45. The average molecular weight is 321 g/mol. The Morgan fingerprint density at radius 2 is 1.70 bits per heavy atom. The van der Waals surface area contributed by atoms with Crippen LogP contribution in [0.3, 0.4) is 0 Å². The molecule has 0 radical (unpaired) electrons. The van der Waals surface area contributed by atoms with Crippen LogP contribution < -0.4 is 4.74 Å². The van der Waals surface area contributed by atoms with Crippen LogP contribution in [-0.2, 0) is 5.88 Å². The molecule has 0 bridgehead atoms. The number of rotatable bonds is 3. The molecule has 0 fully saturated rings. The number of alkyl halides is 4. The van der Waals surface area contributed by atoms with Gasteiger partial charge in [0.05, 0.1) is 0 Å². The molecule has 0 amide bonds. The molecule has 0 N–H and O–H groups in total. The summed E-state index contributed by atoms with van der Waals surface area (Å²) in [4.78, 5) is 0. The summed E-state index contributed by atoms with van der Waals surface area (Å²) in [5, 5.41) is 0.520. The number of hydrogen-bond acceptors (Lipinski definition) is 1. The maximum absolute atomic E-state index is 12.2. The van der Waals surface area contributed by atoms with Gasteiger partial charge in [0, 0.05) is 10.9 Å². The third kappa shape index (κ3) is 3.81. The lowest BCUT2D eigenvalue weighted by Gasteiger charge is -2.11. The molecule has 1 nitrogen and oxygen atoms in total. The van der Waals surface area contributed by atoms with Gasteiger partial charge in [0.2, 0.25) is 0 Å². The van der Waals surface area contributed by atoms with E-state index in [9.17, 15) is 13.2 Å². The van der Waals surface area contributed by atoms with Gasteiger partial charge in [-0.3, -0.25) is 0 Å². The molecule has 2 aromatic carbocycles. The highest BCUT2D eigenvalue weighted by Crippen LogP contribution is 2.30. The van der Waals surface area contributed by atoms with Crippen LogP contribution in [0.2, 0.25) is 5.02 Å². The Balaban J connectivity index is 2.36. The van der Waals surface area contributed by atoms with Crippen molar-refractivity contribution in [1.82, 2.24) is 0 Å². The monoisotopic (exact) mass is 320 g/mol. The first-order chi connectivity index (χ1) is 9.39. The van der Waals surface area contributed by atoms with Crippen LogP contribution in [0.5, 0.6) is 5.75 Å². The molecule has 0 saturated carbocycles. The Morgan fingerprint density at radius 1 is 1.00 bits per heavy atom. The summed E-state index contributed by atoms with van der Waals surface area (Å²) >= 11 is 11.7. The lowest BCUT2D eigenvalue weighted by molar-refractivity contribution is -0.274. The SMILES string of the molecule is FC(F)(F)Oc1cccc(-c2ccc(Cl)c(CCl)c2)c1. The molecule has 0 aliphatic carbocycles. The molecule has 0 aliphatic heterocycles. The standard InChI is InChI=1S/C14H9Cl2F3O/c15-8-11-6-10(4-5-13(11)16)9-2-1-3-12(7-9)20-14(17,18)19/h1-7H,8H2. The molecule has 0 spiro atoms. The minimum absolute atomic E-state index is 0.228. The van der Waals surface area contributed by atoms with Crippen molar-refractivity contribution < 1.29 is 17.9 Å². The molecule has 0 unspecified atom stereocenters. The first-order valence-electron chi connectivity index (χ1n) is 5.59. The summed E-state index contributed by atoms with van der Waals surface area (Å²) in [7, 11) is 0. The maximum atomic E-state index is 12.2. The maximum Gasteiger partial charge on any atom is 0.573 e. The quantitative estimate of drug-likeness (QED) is 0.664. The average Bonchev–Trinajstić information content (AvgIpc) is 2.37. The second-order valence-electron chi connectivity index (χ2n) is 4.02. The molecule has 20 heavy (non-hydrogen) atoms. The fourth-order valence-corrected chi connectivity index (χ4v) is 2.20. The molecule has 0 heterocycles. The molecular formula is C14H9Cl2F3O. The van der Waals surface area contributed by atoms with Gasteiger partial charge in [0.15, 0.2) is 0 Å². The minimum Gasteiger partial charge on any atom is -0.406 e. The van der Waals surface area contributed by atoms with Gasteiger partial charge in [0.25, 0.3) is 0 Å². The summed E-state index contributed by atoms with van der Waals surface area (Å²) in [6.45, 7) is 0. The zero-order valence-corrected chi connectivity index (χ0v) is 11.6. The van der Waals surface area contributed by atoms with Gasteiger partial charge in [-0.2, -0.15) is 0 Å². The van der Waals surface area contributed by atoms with Crippen molar-refractivity contribution in [1.29, 1.82) is 0 Å². The van der Waals surface area contributed by atoms with Gasteiger partial charge >= 0.3 is 6.36 Å². The van der Waals surface area contributed by atoms with E-state index in [4.69, 9.17) is 23.2 Å². The molecular weight excluding hydrogens is 312 g/mol. The molecule has 0 saturated heterocycles. The normalized spacial score (nSPS) is 11.4. The van der Waals surface area contributed by atoms with Crippen LogP contribution >= 0.6 is 23.2 Å². The van der Waals surface area contributed by atoms with Crippen LogP contribution in [0.15, 0.2) is 42.5 Å². The molecule has 2 rings (SSSR count). The van der Waals surface area contributed by atoms with Crippen molar-refractivity contribution in [3.63, 3.8) is 0 Å². The number of hydrogen-bond donors (Lipinski definition) is 0. The predicted octanol–water partition coefficient (Wildman–Crippen LogP) is 5.64. The second kappa shape index (κ2) is 5.94. The largest absolute Gasteiger partial charge is 0.573 e. The van der Waals surface area contributed by atoms with E-state index in [-0.39, 0.29) is 11.6 Å². The van der Waals surface area contributed by atoms with E-state index in [2.05, 4.69) is 4.74 Å². The summed E-state index contributed by atoms with van der Waals surface area (Å²) < 4.78 is 40.5. The summed E-state index contributed by atoms with van der Waals surface area (Å²) in [6, 6.07) is 10.8. The summed E-state index contributed by atoms with van der Waals surface area (Å²) in [6.07, 6.45) is -4.71. The van der Waals surface area contributed by atoms with Crippen LogP contribution in [0.4, 0.5) is 13.2 Å². The highest BCUT2D eigenvalue weighted by molar-refractivity contribution is 6.32. The van der Waals surface area contributed by atoms with Crippen molar-refractivity contribution in [3.8, 4) is 16.9 Å². The van der Waals surface area contributed by atoms with Gasteiger partial charge in [0.1, 0.15) is 5.75 Å². The highest BCUT2D eigenvalue weighted by atomic mass is 35.5. The Hall–Kier alpha value is -1.39. The van der Waals surface area contributed by atoms with Crippen LogP contribution in [0.25, 0.3) is 11.1 Å². The van der Waals surface area contributed by atoms with Crippen LogP contribution in [-0.4, -0.2) is 6.36 Å². The fraction of sp³-hybridized carbons (Fsp3) is 0.143. The van der Waals surface area contributed by atoms with E-state index in [0.29, 0.717) is 16.1 Å². The Labute approximate surface area is 123 Å². The molecule has 0 atom stereocenters. The minimum atomic E-state index is -4.71. The van der Waals surface area contributed by atoms with Crippen molar-refractivity contribution in [2.45, 2.75) is 12.2 Å². The summed E-state index contributed by atoms with van der Waals surface area (Å²) in [5.41, 5.74) is 2.03. The van der Waals surface area contributed by atoms with E-state index in [0.717, 1.165) is 5.56 Å². The molecule has 0 aliphatic rings. The molecule has 2 aromatic rings. The highest BCUT2D eigenvalue weighted by Gasteiger charge is 2.31. The Morgan fingerprint density at radius 3 is 2.35 bits per heavy atom. The first-order valence-corrected chi connectivity index (χ1v) is 6.51. The zero-order chi connectivity index (χ0) is 14.8. The Bertz CT molecular complexity index is 612. The van der Waals surface area contributed by atoms with Crippen molar-refractivity contribution in [2.75, 3.05) is 0 Å². The lowest BCUT2D eigenvalue weighted by Crippen LogP contribution is -2.17. The van der Waals surface area contributed by atoms with E-state index < -0.39 is 6.36 Å². The van der Waals surface area contributed by atoms with E-state index in [1.807, 2.05) is 0 Å². The number of halogens is 5. The van der Waals surface area contributed by atoms with E-state index >= 15 is 0 Å². The van der Waals surface area contributed by atoms with Crippen molar-refractivity contribution in [3.05, 3.63) is 53.1 Å². The van der Waals surface area contributed by atoms with Crippen molar-refractivity contribution >= 4 is 23.2 Å². The molecule has 0 aromatic heterocycles.